The maximum absolute atomic E-state index is 6.15. The van der Waals surface area contributed by atoms with Gasteiger partial charge in [0.1, 0.15) is 11.9 Å². The second-order valence-electron chi connectivity index (χ2n) is 6.11. The highest BCUT2D eigenvalue weighted by Gasteiger charge is 2.20. The van der Waals surface area contributed by atoms with Gasteiger partial charge in [0.2, 0.25) is 5.95 Å². The zero-order chi connectivity index (χ0) is 18.4. The van der Waals surface area contributed by atoms with E-state index >= 15 is 0 Å². The van der Waals surface area contributed by atoms with Crippen LogP contribution in [0, 0.1) is 0 Å². The summed E-state index contributed by atoms with van der Waals surface area (Å²) in [7, 11) is 0. The number of nitrogens with two attached hydrogens (primary N) is 1. The second-order valence-corrected chi connectivity index (χ2v) is 6.54. The van der Waals surface area contributed by atoms with E-state index in [2.05, 4.69) is 24.8 Å². The number of anilines is 1. The van der Waals surface area contributed by atoms with Crippen LogP contribution >= 0.6 is 35.6 Å². The van der Waals surface area contributed by atoms with Gasteiger partial charge in [-0.05, 0) is 31.2 Å². The molecule has 2 heterocycles. The largest absolute Gasteiger partial charge is 0.489 e. The van der Waals surface area contributed by atoms with E-state index in [0.29, 0.717) is 17.5 Å². The van der Waals surface area contributed by atoms with Crippen molar-refractivity contribution in [3.05, 3.63) is 47.7 Å². The molecule has 1 aliphatic heterocycles. The highest BCUT2D eigenvalue weighted by atomic mass is 127. The first kappa shape index (κ1) is 21.5. The molecule has 7 nitrogen and oxygen atoms in total. The zero-order valence-corrected chi connectivity index (χ0v) is 18.2. The number of hydrogen-bond donors (Lipinski definition) is 1. The van der Waals surface area contributed by atoms with Gasteiger partial charge in [0.05, 0.1) is 6.54 Å². The molecule has 1 aromatic carbocycles. The minimum atomic E-state index is -0.0916. The number of benzene rings is 1. The SMILES string of the molecule is CC(CN=C(N)N1CCN(c2ncccn2)CC1)Oc1cccc(Cl)c1.I. The van der Waals surface area contributed by atoms with Gasteiger partial charge in [-0.3, -0.25) is 0 Å². The Bertz CT molecular complexity index is 740. The Morgan fingerprint density at radius 1 is 1.22 bits per heavy atom. The molecule has 146 valence electrons. The summed E-state index contributed by atoms with van der Waals surface area (Å²) in [5.74, 6) is 2.03. The standard InChI is InChI=1S/C18H23ClN6O.HI/c1-14(26-16-5-2-4-15(19)12-16)13-23-17(20)24-8-10-25(11-9-24)18-21-6-3-7-22-18;/h2-7,12,14H,8-11,13H2,1H3,(H2,20,23);1H. The predicted molar refractivity (Wildman–Crippen MR) is 119 cm³/mol. The Kier molecular flexibility index (Phi) is 8.36. The lowest BCUT2D eigenvalue weighted by atomic mass is 10.3. The molecule has 1 aromatic heterocycles. The van der Waals surface area contributed by atoms with Crippen LogP contribution in [0.5, 0.6) is 5.75 Å². The second kappa shape index (κ2) is 10.5. The summed E-state index contributed by atoms with van der Waals surface area (Å²) in [5.41, 5.74) is 6.15. The van der Waals surface area contributed by atoms with Crippen LogP contribution in [0.15, 0.2) is 47.7 Å². The van der Waals surface area contributed by atoms with Gasteiger partial charge in [-0.2, -0.15) is 0 Å². The number of rotatable bonds is 5. The number of ether oxygens (including phenoxy) is 1. The van der Waals surface area contributed by atoms with Crippen molar-refractivity contribution in [3.8, 4) is 5.75 Å². The van der Waals surface area contributed by atoms with E-state index < -0.39 is 0 Å². The zero-order valence-electron chi connectivity index (χ0n) is 15.2. The third-order valence-electron chi connectivity index (χ3n) is 4.08. The monoisotopic (exact) mass is 502 g/mol. The number of halogens is 2. The van der Waals surface area contributed by atoms with Gasteiger partial charge >= 0.3 is 0 Å². The van der Waals surface area contributed by atoms with Crippen LogP contribution in [0.2, 0.25) is 5.02 Å². The molecule has 2 aromatic rings. The topological polar surface area (TPSA) is 79.9 Å². The van der Waals surface area contributed by atoms with Crippen LogP contribution in [0.4, 0.5) is 5.95 Å². The molecule has 0 aliphatic carbocycles. The predicted octanol–water partition coefficient (Wildman–Crippen LogP) is 2.65. The van der Waals surface area contributed by atoms with Gasteiger partial charge in [0, 0.05) is 43.6 Å². The van der Waals surface area contributed by atoms with Crippen molar-refractivity contribution in [2.75, 3.05) is 37.6 Å². The van der Waals surface area contributed by atoms with Gasteiger partial charge in [0.25, 0.3) is 0 Å². The highest BCUT2D eigenvalue weighted by Crippen LogP contribution is 2.18. The van der Waals surface area contributed by atoms with E-state index in [9.17, 15) is 0 Å². The maximum Gasteiger partial charge on any atom is 0.225 e. The maximum atomic E-state index is 6.15. The van der Waals surface area contributed by atoms with Crippen LogP contribution in [0.1, 0.15) is 6.92 Å². The quantitative estimate of drug-likeness (QED) is 0.385. The average Bonchev–Trinajstić information content (AvgIpc) is 2.67. The first-order chi connectivity index (χ1) is 12.6. The molecule has 3 rings (SSSR count). The first-order valence-electron chi connectivity index (χ1n) is 8.61. The van der Waals surface area contributed by atoms with Crippen molar-refractivity contribution in [1.29, 1.82) is 0 Å². The normalized spacial score (nSPS) is 15.9. The Balaban J connectivity index is 0.00000261. The summed E-state index contributed by atoms with van der Waals surface area (Å²) >= 11 is 5.97. The van der Waals surface area contributed by atoms with Crippen LogP contribution in [0.25, 0.3) is 0 Å². The lowest BCUT2D eigenvalue weighted by Gasteiger charge is -2.35. The summed E-state index contributed by atoms with van der Waals surface area (Å²) in [5, 5.41) is 0.651. The van der Waals surface area contributed by atoms with Gasteiger partial charge in [0.15, 0.2) is 5.96 Å². The summed E-state index contributed by atoms with van der Waals surface area (Å²) < 4.78 is 5.82. The molecule has 0 bridgehead atoms. The molecule has 27 heavy (non-hydrogen) atoms. The van der Waals surface area contributed by atoms with Crippen LogP contribution in [-0.2, 0) is 0 Å². The van der Waals surface area contributed by atoms with E-state index in [-0.39, 0.29) is 30.1 Å². The molecule has 9 heteroatoms. The number of hydrogen-bond acceptors (Lipinski definition) is 5. The third-order valence-corrected chi connectivity index (χ3v) is 4.32. The molecule has 0 radical (unpaired) electrons. The number of piperazine rings is 1. The molecular weight excluding hydrogens is 479 g/mol. The Hall–Kier alpha value is -1.81. The van der Waals surface area contributed by atoms with Crippen LogP contribution in [-0.4, -0.2) is 59.7 Å². The van der Waals surface area contributed by atoms with Crippen molar-refractivity contribution in [2.45, 2.75) is 13.0 Å². The molecule has 1 aliphatic rings. The average molecular weight is 503 g/mol. The summed E-state index contributed by atoms with van der Waals surface area (Å²) in [4.78, 5) is 17.3. The number of nitrogens with zero attached hydrogens (tertiary/aromatic N) is 5. The molecule has 1 atom stereocenters. The minimum Gasteiger partial charge on any atom is -0.489 e. The minimum absolute atomic E-state index is 0. The van der Waals surface area contributed by atoms with Crippen molar-refractivity contribution in [3.63, 3.8) is 0 Å². The third kappa shape index (κ3) is 6.39. The van der Waals surface area contributed by atoms with Crippen LogP contribution in [0.3, 0.4) is 0 Å². The van der Waals surface area contributed by atoms with Crippen molar-refractivity contribution < 1.29 is 4.74 Å². The molecule has 1 saturated heterocycles. The van der Waals surface area contributed by atoms with E-state index in [1.54, 1.807) is 18.5 Å². The van der Waals surface area contributed by atoms with Crippen molar-refractivity contribution in [1.82, 2.24) is 14.9 Å². The van der Waals surface area contributed by atoms with Crippen LogP contribution < -0.4 is 15.4 Å². The first-order valence-corrected chi connectivity index (χ1v) is 8.98. The Labute approximate surface area is 181 Å². The van der Waals surface area contributed by atoms with E-state index in [0.717, 1.165) is 37.9 Å². The Morgan fingerprint density at radius 2 is 1.93 bits per heavy atom. The van der Waals surface area contributed by atoms with E-state index in [1.807, 2.05) is 31.2 Å². The molecular formula is C18H24ClIN6O. The molecule has 1 fully saturated rings. The summed E-state index contributed by atoms with van der Waals surface area (Å²) in [6, 6.07) is 9.15. The van der Waals surface area contributed by atoms with E-state index in [1.165, 1.54) is 0 Å². The number of aromatic nitrogens is 2. The summed E-state index contributed by atoms with van der Waals surface area (Å²) in [6.07, 6.45) is 3.42. The lowest BCUT2D eigenvalue weighted by Crippen LogP contribution is -2.51. The molecule has 1 unspecified atom stereocenters. The smallest absolute Gasteiger partial charge is 0.225 e. The number of aliphatic imine (C=N–C) groups is 1. The molecule has 0 spiro atoms. The molecule has 2 N–H and O–H groups in total. The van der Waals surface area contributed by atoms with Crippen molar-refractivity contribution >= 4 is 47.5 Å². The Morgan fingerprint density at radius 3 is 2.59 bits per heavy atom. The van der Waals surface area contributed by atoms with Gasteiger partial charge in [-0.15, -0.1) is 24.0 Å². The lowest BCUT2D eigenvalue weighted by molar-refractivity contribution is 0.229. The van der Waals surface area contributed by atoms with Gasteiger partial charge < -0.3 is 20.3 Å². The van der Waals surface area contributed by atoms with Crippen molar-refractivity contribution in [2.24, 2.45) is 10.7 Å². The van der Waals surface area contributed by atoms with E-state index in [4.69, 9.17) is 22.1 Å². The summed E-state index contributed by atoms with van der Waals surface area (Å²) in [6.45, 7) is 5.65. The fraction of sp³-hybridized carbons (Fsp3) is 0.389. The van der Waals surface area contributed by atoms with Gasteiger partial charge in [-0.1, -0.05) is 17.7 Å². The molecule has 0 amide bonds. The highest BCUT2D eigenvalue weighted by molar-refractivity contribution is 14.0. The van der Waals surface area contributed by atoms with Gasteiger partial charge in [-0.25, -0.2) is 15.0 Å². The fourth-order valence-electron chi connectivity index (χ4n) is 2.72. The number of guanidine groups is 1. The molecule has 0 saturated carbocycles. The fourth-order valence-corrected chi connectivity index (χ4v) is 2.90.